The van der Waals surface area contributed by atoms with E-state index in [9.17, 15) is 4.79 Å². The summed E-state index contributed by atoms with van der Waals surface area (Å²) in [4.78, 5) is 16.1. The van der Waals surface area contributed by atoms with Gasteiger partial charge >= 0.3 is 5.97 Å². The summed E-state index contributed by atoms with van der Waals surface area (Å²) in [5.41, 5.74) is 1.63. The number of nitrogens with zero attached hydrogens (tertiary/aromatic N) is 1. The van der Waals surface area contributed by atoms with Gasteiger partial charge in [-0.1, -0.05) is 0 Å². The van der Waals surface area contributed by atoms with Gasteiger partial charge in [-0.2, -0.15) is 0 Å². The number of rotatable bonds is 8. The van der Waals surface area contributed by atoms with E-state index in [0.29, 0.717) is 23.7 Å². The van der Waals surface area contributed by atoms with Crippen LogP contribution in [0.1, 0.15) is 36.2 Å². The van der Waals surface area contributed by atoms with Crippen molar-refractivity contribution in [2.75, 3.05) is 13.7 Å². The van der Waals surface area contributed by atoms with Crippen LogP contribution in [0.5, 0.6) is 11.5 Å². The number of esters is 1. The Morgan fingerprint density at radius 2 is 1.88 bits per heavy atom. The van der Waals surface area contributed by atoms with Crippen LogP contribution in [0.15, 0.2) is 42.7 Å². The van der Waals surface area contributed by atoms with E-state index in [1.165, 1.54) is 5.56 Å². The van der Waals surface area contributed by atoms with Crippen molar-refractivity contribution in [1.82, 2.24) is 4.98 Å². The van der Waals surface area contributed by atoms with Crippen molar-refractivity contribution in [1.29, 1.82) is 0 Å². The smallest absolute Gasteiger partial charge is 0.338 e. The monoisotopic (exact) mass is 329 g/mol. The Morgan fingerprint density at radius 1 is 1.12 bits per heavy atom. The number of carbonyl (C=O) groups excluding carboxylic acids is 1. The average Bonchev–Trinajstić information content (AvgIpc) is 2.59. The molecule has 0 atom stereocenters. The topological polar surface area (TPSA) is 57.7 Å². The van der Waals surface area contributed by atoms with Crippen LogP contribution in [-0.2, 0) is 11.2 Å². The lowest BCUT2D eigenvalue weighted by molar-refractivity contribution is 0.0500. The summed E-state index contributed by atoms with van der Waals surface area (Å²) in [5.74, 6) is 0.774. The molecule has 1 aromatic heterocycles. The minimum atomic E-state index is -0.362. The van der Waals surface area contributed by atoms with Crippen molar-refractivity contribution >= 4 is 5.97 Å². The summed E-state index contributed by atoms with van der Waals surface area (Å²) in [6.45, 7) is 4.24. The Bertz CT molecular complexity index is 656. The van der Waals surface area contributed by atoms with Crippen molar-refractivity contribution in [3.05, 3.63) is 53.9 Å². The molecule has 0 fully saturated rings. The Hall–Kier alpha value is -2.56. The maximum Gasteiger partial charge on any atom is 0.338 e. The summed E-state index contributed by atoms with van der Waals surface area (Å²) in [6, 6.07) is 8.97. The zero-order valence-electron chi connectivity index (χ0n) is 14.3. The highest BCUT2D eigenvalue weighted by Gasteiger charge is 2.13. The highest BCUT2D eigenvalue weighted by molar-refractivity contribution is 5.90. The van der Waals surface area contributed by atoms with Crippen LogP contribution < -0.4 is 9.47 Å². The number of aryl methyl sites for hydroxylation is 1. The number of pyridine rings is 1. The summed E-state index contributed by atoms with van der Waals surface area (Å²) in [5, 5.41) is 0. The molecule has 0 saturated heterocycles. The van der Waals surface area contributed by atoms with Gasteiger partial charge in [-0.05, 0) is 62.6 Å². The van der Waals surface area contributed by atoms with Crippen LogP contribution in [0.3, 0.4) is 0 Å². The number of hydrogen-bond donors (Lipinski definition) is 0. The number of hydrogen-bond acceptors (Lipinski definition) is 5. The predicted octanol–water partition coefficient (Wildman–Crippen LogP) is 3.67. The zero-order valence-corrected chi connectivity index (χ0v) is 14.3. The van der Waals surface area contributed by atoms with E-state index in [2.05, 4.69) is 4.98 Å². The van der Waals surface area contributed by atoms with Crippen LogP contribution in [-0.4, -0.2) is 30.8 Å². The molecule has 0 aliphatic carbocycles. The van der Waals surface area contributed by atoms with Gasteiger partial charge in [0.1, 0.15) is 0 Å². The molecule has 0 unspecified atom stereocenters. The third kappa shape index (κ3) is 5.26. The normalized spacial score (nSPS) is 10.5. The molecule has 1 aromatic carbocycles. The van der Waals surface area contributed by atoms with Crippen molar-refractivity contribution in [3.63, 3.8) is 0 Å². The van der Waals surface area contributed by atoms with Crippen LogP contribution in [0.2, 0.25) is 0 Å². The number of methoxy groups -OCH3 is 1. The van der Waals surface area contributed by atoms with Crippen LogP contribution in [0.4, 0.5) is 0 Å². The summed E-state index contributed by atoms with van der Waals surface area (Å²) < 4.78 is 16.2. The lowest BCUT2D eigenvalue weighted by atomic mass is 10.1. The minimum Gasteiger partial charge on any atom is -0.493 e. The third-order valence-corrected chi connectivity index (χ3v) is 3.35. The van der Waals surface area contributed by atoms with Crippen LogP contribution in [0, 0.1) is 0 Å². The molecule has 0 aliphatic heterocycles. The SMILES string of the molecule is COc1cc(C(=O)OCCCc2ccncc2)ccc1OC(C)C. The quantitative estimate of drug-likeness (QED) is 0.546. The van der Waals surface area contributed by atoms with E-state index in [1.807, 2.05) is 26.0 Å². The first-order valence-corrected chi connectivity index (χ1v) is 8.01. The molecule has 5 heteroatoms. The molecular formula is C19H23NO4. The number of carbonyl (C=O) groups is 1. The summed E-state index contributed by atoms with van der Waals surface area (Å²) in [7, 11) is 1.55. The molecule has 0 spiro atoms. The van der Waals surface area contributed by atoms with Gasteiger partial charge < -0.3 is 14.2 Å². The summed E-state index contributed by atoms with van der Waals surface area (Å²) >= 11 is 0. The van der Waals surface area contributed by atoms with E-state index >= 15 is 0 Å². The Kier molecular flexibility index (Phi) is 6.61. The van der Waals surface area contributed by atoms with Gasteiger partial charge in [-0.25, -0.2) is 4.79 Å². The second kappa shape index (κ2) is 8.91. The lowest BCUT2D eigenvalue weighted by Crippen LogP contribution is -2.09. The molecule has 128 valence electrons. The molecule has 2 aromatic rings. The fourth-order valence-electron chi connectivity index (χ4n) is 2.22. The van der Waals surface area contributed by atoms with Crippen molar-refractivity contribution in [2.45, 2.75) is 32.8 Å². The Balaban J connectivity index is 1.87. The molecule has 2 rings (SSSR count). The van der Waals surface area contributed by atoms with E-state index in [-0.39, 0.29) is 12.1 Å². The first-order valence-electron chi connectivity index (χ1n) is 8.01. The minimum absolute atomic E-state index is 0.0323. The van der Waals surface area contributed by atoms with Crippen LogP contribution in [0.25, 0.3) is 0 Å². The second-order valence-corrected chi connectivity index (χ2v) is 5.63. The van der Waals surface area contributed by atoms with Crippen molar-refractivity contribution in [2.24, 2.45) is 0 Å². The summed E-state index contributed by atoms with van der Waals surface area (Å²) in [6.07, 6.45) is 5.16. The molecule has 0 bridgehead atoms. The maximum atomic E-state index is 12.1. The predicted molar refractivity (Wildman–Crippen MR) is 91.6 cm³/mol. The highest BCUT2D eigenvalue weighted by Crippen LogP contribution is 2.29. The molecule has 5 nitrogen and oxygen atoms in total. The maximum absolute atomic E-state index is 12.1. The van der Waals surface area contributed by atoms with Gasteiger partial charge in [-0.3, -0.25) is 4.98 Å². The van der Waals surface area contributed by atoms with E-state index in [1.54, 1.807) is 37.7 Å². The average molecular weight is 329 g/mol. The second-order valence-electron chi connectivity index (χ2n) is 5.63. The molecule has 24 heavy (non-hydrogen) atoms. The number of benzene rings is 1. The standard InChI is InChI=1S/C19H23NO4/c1-14(2)24-17-7-6-16(13-18(17)22-3)19(21)23-12-4-5-15-8-10-20-11-9-15/h6-11,13-14H,4-5,12H2,1-3H3. The molecule has 0 saturated carbocycles. The van der Waals surface area contributed by atoms with Gasteiger partial charge in [0, 0.05) is 12.4 Å². The Labute approximate surface area is 142 Å². The van der Waals surface area contributed by atoms with Gasteiger partial charge in [0.05, 0.1) is 25.4 Å². The largest absolute Gasteiger partial charge is 0.493 e. The number of aromatic nitrogens is 1. The van der Waals surface area contributed by atoms with Crippen molar-refractivity contribution < 1.29 is 19.0 Å². The molecule has 0 aliphatic rings. The lowest BCUT2D eigenvalue weighted by Gasteiger charge is -2.14. The first-order chi connectivity index (χ1) is 11.6. The van der Waals surface area contributed by atoms with Gasteiger partial charge in [0.15, 0.2) is 11.5 Å². The fraction of sp³-hybridized carbons (Fsp3) is 0.368. The van der Waals surface area contributed by atoms with E-state index < -0.39 is 0 Å². The van der Waals surface area contributed by atoms with E-state index in [4.69, 9.17) is 14.2 Å². The third-order valence-electron chi connectivity index (χ3n) is 3.35. The molecule has 0 radical (unpaired) electrons. The van der Waals surface area contributed by atoms with Crippen LogP contribution >= 0.6 is 0 Å². The highest BCUT2D eigenvalue weighted by atomic mass is 16.5. The molecule has 0 amide bonds. The van der Waals surface area contributed by atoms with Gasteiger partial charge in [0.25, 0.3) is 0 Å². The Morgan fingerprint density at radius 3 is 2.54 bits per heavy atom. The number of ether oxygens (including phenoxy) is 3. The van der Waals surface area contributed by atoms with Gasteiger partial charge in [-0.15, -0.1) is 0 Å². The zero-order chi connectivity index (χ0) is 17.4. The van der Waals surface area contributed by atoms with Gasteiger partial charge in [0.2, 0.25) is 0 Å². The molecule has 0 N–H and O–H groups in total. The fourth-order valence-corrected chi connectivity index (χ4v) is 2.22. The van der Waals surface area contributed by atoms with Crippen molar-refractivity contribution in [3.8, 4) is 11.5 Å². The first kappa shape index (κ1) is 17.8. The van der Waals surface area contributed by atoms with E-state index in [0.717, 1.165) is 12.8 Å². The molecule has 1 heterocycles. The molecular weight excluding hydrogens is 306 g/mol.